The Bertz CT molecular complexity index is 835. The number of likely N-dealkylation sites (N-methyl/N-ethyl adjacent to an activating group) is 1. The first-order chi connectivity index (χ1) is 14.8. The van der Waals surface area contributed by atoms with E-state index < -0.39 is 5.97 Å². The van der Waals surface area contributed by atoms with E-state index in [1.807, 2.05) is 26.0 Å². The third-order valence-electron chi connectivity index (χ3n) is 4.80. The lowest BCUT2D eigenvalue weighted by Gasteiger charge is -2.18. The van der Waals surface area contributed by atoms with Crippen molar-refractivity contribution >= 4 is 52.2 Å². The van der Waals surface area contributed by atoms with Crippen LogP contribution in [0.2, 0.25) is 0 Å². The van der Waals surface area contributed by atoms with Crippen LogP contribution in [0.3, 0.4) is 0 Å². The molecule has 0 spiro atoms. The normalized spacial score (nSPS) is 14.9. The molecule has 1 fully saturated rings. The lowest BCUT2D eigenvalue weighted by Crippen LogP contribution is -2.34. The quantitative estimate of drug-likeness (QED) is 0.286. The fraction of sp³-hybridized carbons (Fsp3) is 0.455. The minimum absolute atomic E-state index is 0.00779. The van der Waals surface area contributed by atoms with E-state index in [1.54, 1.807) is 28.0 Å². The van der Waals surface area contributed by atoms with E-state index in [0.29, 0.717) is 47.5 Å². The predicted octanol–water partition coefficient (Wildman–Crippen LogP) is 3.78. The number of carboxylic acid groups (broad SMARTS) is 1. The van der Waals surface area contributed by atoms with Gasteiger partial charge in [0.15, 0.2) is 6.61 Å². The number of amides is 2. The molecule has 0 atom stereocenters. The van der Waals surface area contributed by atoms with Gasteiger partial charge in [0.2, 0.25) is 0 Å². The second-order valence-corrected chi connectivity index (χ2v) is 8.64. The largest absolute Gasteiger partial charge is 0.484 e. The number of carbonyl (C=O) groups excluding carboxylic acids is 2. The van der Waals surface area contributed by atoms with Crippen LogP contribution in [0.1, 0.15) is 45.1 Å². The van der Waals surface area contributed by atoms with E-state index >= 15 is 0 Å². The molecule has 2 amide bonds. The molecule has 0 aliphatic carbocycles. The van der Waals surface area contributed by atoms with Gasteiger partial charge in [-0.1, -0.05) is 42.5 Å². The van der Waals surface area contributed by atoms with Crippen LogP contribution >= 0.6 is 24.0 Å². The second-order valence-electron chi connectivity index (χ2n) is 6.96. The van der Waals surface area contributed by atoms with Gasteiger partial charge in [0.1, 0.15) is 10.1 Å². The molecular weight excluding hydrogens is 436 g/mol. The van der Waals surface area contributed by atoms with Crippen molar-refractivity contribution in [2.45, 2.75) is 39.5 Å². The molecule has 1 aromatic carbocycles. The number of unbranched alkanes of at least 4 members (excludes halogenated alkanes) is 2. The number of thiocarbonyl (C=S) groups is 1. The van der Waals surface area contributed by atoms with Crippen molar-refractivity contribution in [2.75, 3.05) is 26.2 Å². The lowest BCUT2D eigenvalue weighted by molar-refractivity contribution is -0.137. The van der Waals surface area contributed by atoms with Crippen molar-refractivity contribution < 1.29 is 24.2 Å². The standard InChI is InChI=1S/C22H28N2O5S2/c1-3-23(4-2)19(25)15-29-17-11-9-16(10-12-17)14-18-21(28)24(22(30)31-18)13-7-5-6-8-20(26)27/h9-12,14H,3-8,13,15H2,1-2H3,(H,26,27)/b18-14+. The van der Waals surface area contributed by atoms with E-state index in [1.165, 1.54) is 11.8 Å². The second kappa shape index (κ2) is 12.5. The Morgan fingerprint density at radius 1 is 1.16 bits per heavy atom. The molecule has 7 nitrogen and oxygen atoms in total. The van der Waals surface area contributed by atoms with Crippen LogP contribution in [0.5, 0.6) is 5.75 Å². The SMILES string of the molecule is CCN(CC)C(=O)COc1ccc(/C=C2/SC(=S)N(CCCCCC(=O)O)C2=O)cc1. The maximum Gasteiger partial charge on any atom is 0.303 e. The van der Waals surface area contributed by atoms with Crippen LogP contribution in [-0.2, 0) is 14.4 Å². The average molecular weight is 465 g/mol. The number of nitrogens with zero attached hydrogens (tertiary/aromatic N) is 2. The molecule has 1 saturated heterocycles. The molecule has 0 aromatic heterocycles. The van der Waals surface area contributed by atoms with E-state index in [-0.39, 0.29) is 24.8 Å². The first-order valence-corrected chi connectivity index (χ1v) is 11.6. The molecular formula is C22H28N2O5S2. The molecule has 31 heavy (non-hydrogen) atoms. The van der Waals surface area contributed by atoms with E-state index in [9.17, 15) is 14.4 Å². The molecule has 1 aromatic rings. The third-order valence-corrected chi connectivity index (χ3v) is 6.18. The van der Waals surface area contributed by atoms with Crippen molar-refractivity contribution in [1.82, 2.24) is 9.80 Å². The van der Waals surface area contributed by atoms with E-state index in [2.05, 4.69) is 0 Å². The van der Waals surface area contributed by atoms with Gasteiger partial charge in [-0.25, -0.2) is 0 Å². The summed E-state index contributed by atoms with van der Waals surface area (Å²) in [7, 11) is 0. The zero-order valence-electron chi connectivity index (χ0n) is 17.8. The van der Waals surface area contributed by atoms with Gasteiger partial charge in [0.05, 0.1) is 4.91 Å². The molecule has 1 N–H and O–H groups in total. The van der Waals surface area contributed by atoms with Gasteiger partial charge in [-0.2, -0.15) is 0 Å². The molecule has 1 aliphatic heterocycles. The topological polar surface area (TPSA) is 87.2 Å². The first-order valence-electron chi connectivity index (χ1n) is 10.3. The van der Waals surface area contributed by atoms with Gasteiger partial charge in [-0.15, -0.1) is 0 Å². The summed E-state index contributed by atoms with van der Waals surface area (Å²) in [5.41, 5.74) is 0.837. The van der Waals surface area contributed by atoms with Crippen molar-refractivity contribution in [1.29, 1.82) is 0 Å². The number of ether oxygens (including phenoxy) is 1. The van der Waals surface area contributed by atoms with Gasteiger partial charge in [-0.05, 0) is 50.5 Å². The van der Waals surface area contributed by atoms with Crippen LogP contribution in [0.4, 0.5) is 0 Å². The number of hydrogen-bond acceptors (Lipinski definition) is 6. The average Bonchev–Trinajstić information content (AvgIpc) is 3.00. The molecule has 0 bridgehead atoms. The Morgan fingerprint density at radius 3 is 2.45 bits per heavy atom. The highest BCUT2D eigenvalue weighted by Gasteiger charge is 2.31. The highest BCUT2D eigenvalue weighted by Crippen LogP contribution is 2.33. The lowest BCUT2D eigenvalue weighted by atomic mass is 10.2. The maximum absolute atomic E-state index is 12.6. The Balaban J connectivity index is 1.88. The van der Waals surface area contributed by atoms with Crippen LogP contribution < -0.4 is 4.74 Å². The minimum atomic E-state index is -0.805. The monoisotopic (exact) mass is 464 g/mol. The van der Waals surface area contributed by atoms with Crippen LogP contribution in [0, 0.1) is 0 Å². The number of thioether (sulfide) groups is 1. The van der Waals surface area contributed by atoms with Gasteiger partial charge < -0.3 is 14.7 Å². The number of aliphatic carboxylic acids is 1. The summed E-state index contributed by atoms with van der Waals surface area (Å²) >= 11 is 6.59. The van der Waals surface area contributed by atoms with Crippen molar-refractivity contribution in [3.05, 3.63) is 34.7 Å². The fourth-order valence-electron chi connectivity index (χ4n) is 3.04. The maximum atomic E-state index is 12.6. The number of benzene rings is 1. The predicted molar refractivity (Wildman–Crippen MR) is 126 cm³/mol. The fourth-order valence-corrected chi connectivity index (χ4v) is 4.35. The van der Waals surface area contributed by atoms with Crippen molar-refractivity contribution in [2.24, 2.45) is 0 Å². The molecule has 1 heterocycles. The van der Waals surface area contributed by atoms with Gasteiger partial charge in [0, 0.05) is 26.1 Å². The summed E-state index contributed by atoms with van der Waals surface area (Å²) in [6.45, 7) is 5.65. The number of carboxylic acids is 1. The van der Waals surface area contributed by atoms with Crippen LogP contribution in [-0.4, -0.2) is 63.3 Å². The Hall–Kier alpha value is -2.39. The van der Waals surface area contributed by atoms with E-state index in [4.69, 9.17) is 22.1 Å². The smallest absolute Gasteiger partial charge is 0.303 e. The molecule has 0 unspecified atom stereocenters. The molecule has 168 valence electrons. The Morgan fingerprint density at radius 2 is 1.84 bits per heavy atom. The summed E-state index contributed by atoms with van der Waals surface area (Å²) < 4.78 is 6.08. The van der Waals surface area contributed by atoms with Crippen molar-refractivity contribution in [3.8, 4) is 5.75 Å². The summed E-state index contributed by atoms with van der Waals surface area (Å²) in [4.78, 5) is 39.1. The van der Waals surface area contributed by atoms with E-state index in [0.717, 1.165) is 12.0 Å². The van der Waals surface area contributed by atoms with Crippen LogP contribution in [0.25, 0.3) is 6.08 Å². The zero-order chi connectivity index (χ0) is 22.8. The summed E-state index contributed by atoms with van der Waals surface area (Å²) in [6.07, 6.45) is 3.97. The molecule has 2 rings (SSSR count). The minimum Gasteiger partial charge on any atom is -0.484 e. The highest BCUT2D eigenvalue weighted by atomic mass is 32.2. The van der Waals surface area contributed by atoms with Crippen molar-refractivity contribution in [3.63, 3.8) is 0 Å². The number of rotatable bonds is 12. The van der Waals surface area contributed by atoms with Crippen LogP contribution in [0.15, 0.2) is 29.2 Å². The summed E-state index contributed by atoms with van der Waals surface area (Å²) in [5.74, 6) is -0.397. The number of carbonyl (C=O) groups is 3. The van der Waals surface area contributed by atoms with Gasteiger partial charge in [0.25, 0.3) is 11.8 Å². The highest BCUT2D eigenvalue weighted by molar-refractivity contribution is 8.26. The van der Waals surface area contributed by atoms with Gasteiger partial charge >= 0.3 is 5.97 Å². The molecule has 0 saturated carbocycles. The first kappa shape index (κ1) is 24.9. The molecule has 1 aliphatic rings. The number of hydrogen-bond donors (Lipinski definition) is 1. The molecule has 0 radical (unpaired) electrons. The summed E-state index contributed by atoms with van der Waals surface area (Å²) in [5, 5.41) is 8.68. The zero-order valence-corrected chi connectivity index (χ0v) is 19.5. The summed E-state index contributed by atoms with van der Waals surface area (Å²) in [6, 6.07) is 7.19. The molecule has 9 heteroatoms. The Kier molecular flexibility index (Phi) is 10.00. The third kappa shape index (κ3) is 7.66. The van der Waals surface area contributed by atoms with Gasteiger partial charge in [-0.3, -0.25) is 19.3 Å². The Labute approximate surface area is 192 Å².